The number of nitrogens with one attached hydrogen (secondary N) is 1. The summed E-state index contributed by atoms with van der Waals surface area (Å²) >= 11 is 0. The molecule has 0 spiro atoms. The van der Waals surface area contributed by atoms with Gasteiger partial charge in [0.15, 0.2) is 0 Å². The Morgan fingerprint density at radius 2 is 0.750 bits per heavy atom. The van der Waals surface area contributed by atoms with Gasteiger partial charge in [0.25, 0.3) is 0 Å². The van der Waals surface area contributed by atoms with Gasteiger partial charge in [0.1, 0.15) is 0 Å². The van der Waals surface area contributed by atoms with Gasteiger partial charge in [-0.2, -0.15) is 0 Å². The van der Waals surface area contributed by atoms with Gasteiger partial charge in [0.2, 0.25) is 5.91 Å². The minimum atomic E-state index is -0.863. The summed E-state index contributed by atoms with van der Waals surface area (Å²) in [6.45, 7) is 4.19. The molecule has 0 bridgehead atoms. The Kier molecular flexibility index (Phi) is 49.3. The van der Waals surface area contributed by atoms with E-state index >= 15 is 0 Å². The number of hydrogen-bond donors (Lipinski definition) is 3. The molecule has 4 nitrogen and oxygen atoms in total. The quantitative estimate of drug-likeness (QED) is 0.0422. The molecule has 0 aliphatic carbocycles. The highest BCUT2D eigenvalue weighted by molar-refractivity contribution is 5.76. The lowest BCUT2D eigenvalue weighted by Crippen LogP contribution is -2.45. The minimum Gasteiger partial charge on any atom is -0.394 e. The number of hydrogen-bond acceptors (Lipinski definition) is 3. The van der Waals surface area contributed by atoms with E-state index in [1.54, 1.807) is 6.08 Å². The maximum atomic E-state index is 12.4. The van der Waals surface area contributed by atoms with E-state index in [-0.39, 0.29) is 12.5 Å². The third-order valence-electron chi connectivity index (χ3n) is 11.7. The van der Waals surface area contributed by atoms with Crippen molar-refractivity contribution in [2.45, 2.75) is 270 Å². The van der Waals surface area contributed by atoms with Crippen LogP contribution in [0.2, 0.25) is 0 Å². The predicted molar refractivity (Wildman–Crippen MR) is 267 cm³/mol. The van der Waals surface area contributed by atoms with E-state index in [0.717, 1.165) is 57.8 Å². The fraction of sp³-hybridized carbons (Fsp3) is 0.768. The molecule has 0 rings (SSSR count). The van der Waals surface area contributed by atoms with Crippen molar-refractivity contribution in [3.63, 3.8) is 0 Å². The Labute approximate surface area is 374 Å². The summed E-state index contributed by atoms with van der Waals surface area (Å²) in [6.07, 6.45) is 73.3. The standard InChI is InChI=1S/C56H101NO3/c1-3-5-7-9-11-13-15-17-19-21-22-23-24-25-26-27-28-29-30-31-32-33-34-36-38-40-42-44-46-48-50-52-56(60)57-54(53-58)55(59)51-49-47-45-43-41-39-37-35-20-18-16-14-12-10-8-6-4-2/h5,7,11,13,17,19,22-23,41,43,49,51,54-55,58-59H,3-4,6,8-10,12,14-16,18,20-21,24-40,42,44-48,50,52-53H2,1-2H3,(H,57,60)/b7-5-,13-11-,19-17-,23-22-,43-41+,51-49+. The summed E-state index contributed by atoms with van der Waals surface area (Å²) in [5.74, 6) is -0.0731. The van der Waals surface area contributed by atoms with E-state index in [9.17, 15) is 15.0 Å². The molecule has 0 aromatic carbocycles. The Hall–Kier alpha value is -2.17. The van der Waals surface area contributed by atoms with E-state index in [0.29, 0.717) is 6.42 Å². The number of aliphatic hydroxyl groups is 2. The van der Waals surface area contributed by atoms with Crippen molar-refractivity contribution in [3.05, 3.63) is 72.9 Å². The van der Waals surface area contributed by atoms with Crippen molar-refractivity contribution in [1.82, 2.24) is 5.32 Å². The molecule has 0 radical (unpaired) electrons. The molecule has 348 valence electrons. The smallest absolute Gasteiger partial charge is 0.220 e. The lowest BCUT2D eigenvalue weighted by molar-refractivity contribution is -0.123. The van der Waals surface area contributed by atoms with E-state index in [4.69, 9.17) is 0 Å². The van der Waals surface area contributed by atoms with Crippen LogP contribution in [-0.4, -0.2) is 34.9 Å². The van der Waals surface area contributed by atoms with E-state index in [1.807, 2.05) is 6.08 Å². The highest BCUT2D eigenvalue weighted by Gasteiger charge is 2.17. The van der Waals surface area contributed by atoms with Crippen molar-refractivity contribution < 1.29 is 15.0 Å². The van der Waals surface area contributed by atoms with Crippen molar-refractivity contribution in [2.24, 2.45) is 0 Å². The molecule has 0 aromatic heterocycles. The summed E-state index contributed by atoms with van der Waals surface area (Å²) in [6, 6.07) is -0.640. The van der Waals surface area contributed by atoms with Gasteiger partial charge in [-0.1, -0.05) is 254 Å². The number of unbranched alkanes of at least 4 members (excludes halogenated alkanes) is 30. The Morgan fingerprint density at radius 3 is 1.17 bits per heavy atom. The molecule has 4 heteroatoms. The second-order valence-electron chi connectivity index (χ2n) is 17.6. The second-order valence-corrected chi connectivity index (χ2v) is 17.6. The van der Waals surface area contributed by atoms with Gasteiger partial charge in [0.05, 0.1) is 18.8 Å². The van der Waals surface area contributed by atoms with Gasteiger partial charge in [-0.25, -0.2) is 0 Å². The zero-order chi connectivity index (χ0) is 43.5. The van der Waals surface area contributed by atoms with Crippen LogP contribution in [0.1, 0.15) is 258 Å². The first-order valence-electron chi connectivity index (χ1n) is 26.2. The number of carbonyl (C=O) groups is 1. The van der Waals surface area contributed by atoms with Gasteiger partial charge < -0.3 is 15.5 Å². The fourth-order valence-corrected chi connectivity index (χ4v) is 7.72. The van der Waals surface area contributed by atoms with Crippen molar-refractivity contribution >= 4 is 5.91 Å². The van der Waals surface area contributed by atoms with Crippen LogP contribution in [-0.2, 0) is 4.79 Å². The van der Waals surface area contributed by atoms with E-state index in [2.05, 4.69) is 79.9 Å². The third kappa shape index (κ3) is 46.9. The van der Waals surface area contributed by atoms with Crippen LogP contribution < -0.4 is 5.32 Å². The van der Waals surface area contributed by atoms with E-state index in [1.165, 1.54) is 180 Å². The fourth-order valence-electron chi connectivity index (χ4n) is 7.72. The lowest BCUT2D eigenvalue weighted by Gasteiger charge is -2.19. The maximum absolute atomic E-state index is 12.4. The second kappa shape index (κ2) is 51.2. The van der Waals surface area contributed by atoms with Crippen molar-refractivity contribution in [1.29, 1.82) is 0 Å². The van der Waals surface area contributed by atoms with Crippen LogP contribution in [0.25, 0.3) is 0 Å². The first-order chi connectivity index (χ1) is 29.7. The summed E-state index contributed by atoms with van der Waals surface area (Å²) < 4.78 is 0. The number of carbonyl (C=O) groups excluding carboxylic acids is 1. The van der Waals surface area contributed by atoms with Gasteiger partial charge in [-0.05, 0) is 70.6 Å². The molecule has 1 amide bonds. The van der Waals surface area contributed by atoms with Crippen LogP contribution in [0.15, 0.2) is 72.9 Å². The summed E-state index contributed by atoms with van der Waals surface area (Å²) in [5, 5.41) is 23.1. The third-order valence-corrected chi connectivity index (χ3v) is 11.7. The zero-order valence-corrected chi connectivity index (χ0v) is 40.0. The summed E-state index contributed by atoms with van der Waals surface area (Å²) in [7, 11) is 0. The molecule has 0 aliphatic heterocycles. The van der Waals surface area contributed by atoms with Gasteiger partial charge >= 0.3 is 0 Å². The average molecular weight is 836 g/mol. The SMILES string of the molecule is CC/C=C\C/C=C\C/C=C\C/C=C\CCCCCCCCCCCCCCCCCCCCC(=O)NC(CO)C(O)/C=C/CC/C=C/CCCCCCCCCCCCC. The molecule has 0 fully saturated rings. The molecule has 0 saturated carbocycles. The first kappa shape index (κ1) is 57.8. The highest BCUT2D eigenvalue weighted by Crippen LogP contribution is 2.16. The molecule has 0 saturated heterocycles. The minimum absolute atomic E-state index is 0.0731. The Morgan fingerprint density at radius 1 is 0.417 bits per heavy atom. The van der Waals surface area contributed by atoms with Crippen LogP contribution >= 0.6 is 0 Å². The number of allylic oxidation sites excluding steroid dienone is 11. The number of aliphatic hydroxyl groups excluding tert-OH is 2. The van der Waals surface area contributed by atoms with Crippen LogP contribution in [0.5, 0.6) is 0 Å². The molecular weight excluding hydrogens is 735 g/mol. The average Bonchev–Trinajstić information content (AvgIpc) is 3.25. The normalized spacial score (nSPS) is 13.5. The summed E-state index contributed by atoms with van der Waals surface area (Å²) in [4.78, 5) is 12.4. The Balaban J connectivity index is 3.51. The predicted octanol–water partition coefficient (Wildman–Crippen LogP) is 17.0. The van der Waals surface area contributed by atoms with Crippen molar-refractivity contribution in [3.8, 4) is 0 Å². The van der Waals surface area contributed by atoms with Gasteiger partial charge in [-0.3, -0.25) is 4.79 Å². The molecule has 2 unspecified atom stereocenters. The number of amides is 1. The highest BCUT2D eigenvalue weighted by atomic mass is 16.3. The zero-order valence-electron chi connectivity index (χ0n) is 40.0. The lowest BCUT2D eigenvalue weighted by atomic mass is 10.0. The molecule has 0 aliphatic rings. The van der Waals surface area contributed by atoms with Crippen LogP contribution in [0.3, 0.4) is 0 Å². The van der Waals surface area contributed by atoms with Crippen molar-refractivity contribution in [2.75, 3.05) is 6.61 Å². The summed E-state index contributed by atoms with van der Waals surface area (Å²) in [5.41, 5.74) is 0. The van der Waals surface area contributed by atoms with Gasteiger partial charge in [0, 0.05) is 6.42 Å². The van der Waals surface area contributed by atoms with E-state index < -0.39 is 12.1 Å². The molecule has 0 heterocycles. The Bertz CT molecular complexity index is 1040. The molecule has 60 heavy (non-hydrogen) atoms. The first-order valence-corrected chi connectivity index (χ1v) is 26.2. The largest absolute Gasteiger partial charge is 0.394 e. The maximum Gasteiger partial charge on any atom is 0.220 e. The molecular formula is C56H101NO3. The monoisotopic (exact) mass is 836 g/mol. The number of rotatable bonds is 47. The molecule has 3 N–H and O–H groups in total. The molecule has 0 aromatic rings. The van der Waals surface area contributed by atoms with Gasteiger partial charge in [-0.15, -0.1) is 0 Å². The topological polar surface area (TPSA) is 69.6 Å². The van der Waals surface area contributed by atoms with Crippen LogP contribution in [0, 0.1) is 0 Å². The molecule has 2 atom stereocenters. The van der Waals surface area contributed by atoms with Crippen LogP contribution in [0.4, 0.5) is 0 Å².